The number of rotatable bonds is 34. The number of carbonyl (C=O) groups excluding carboxylic acids is 2. The number of nitrogens with two attached hydrogens (primary N) is 1. The molecule has 0 aliphatic heterocycles. The van der Waals surface area contributed by atoms with Crippen LogP contribution in [-0.2, 0) is 19.1 Å². The second-order valence-electron chi connectivity index (χ2n) is 12.7. The van der Waals surface area contributed by atoms with E-state index in [1.165, 1.54) is 116 Å². The van der Waals surface area contributed by atoms with Gasteiger partial charge in [-0.3, -0.25) is 9.59 Å². The average Bonchev–Trinajstić information content (AvgIpc) is 3.02. The van der Waals surface area contributed by atoms with Crippen LogP contribution in [-0.4, -0.2) is 31.2 Å². The molecule has 0 heterocycles. The number of unbranched alkanes of at least 4 members (excludes halogenated alkanes) is 22. The summed E-state index contributed by atoms with van der Waals surface area (Å²) >= 11 is 0. The highest BCUT2D eigenvalue weighted by molar-refractivity contribution is 5.70. The van der Waals surface area contributed by atoms with Gasteiger partial charge in [0.2, 0.25) is 0 Å². The summed E-state index contributed by atoms with van der Waals surface area (Å²) in [5, 5.41) is 0. The summed E-state index contributed by atoms with van der Waals surface area (Å²) < 4.78 is 10.8. The Kier molecular flexibility index (Phi) is 34.5. The van der Waals surface area contributed by atoms with Gasteiger partial charge in [0.1, 0.15) is 12.7 Å². The van der Waals surface area contributed by atoms with Crippen LogP contribution in [0.25, 0.3) is 0 Å². The first kappa shape index (κ1) is 42.4. The molecular weight excluding hydrogens is 546 g/mol. The van der Waals surface area contributed by atoms with Crippen LogP contribution in [0.3, 0.4) is 0 Å². The lowest BCUT2D eigenvalue weighted by molar-refractivity contribution is -0.158. The Hall–Kier alpha value is -1.62. The number of allylic oxidation sites excluding steroid dienone is 4. The number of hydrogen-bond donors (Lipinski definition) is 1. The third-order valence-corrected chi connectivity index (χ3v) is 8.28. The third kappa shape index (κ3) is 33.3. The van der Waals surface area contributed by atoms with Crippen molar-refractivity contribution in [3.05, 3.63) is 24.3 Å². The van der Waals surface area contributed by atoms with Crippen molar-refractivity contribution >= 4 is 11.9 Å². The van der Waals surface area contributed by atoms with E-state index in [2.05, 4.69) is 38.2 Å². The van der Waals surface area contributed by atoms with Crippen LogP contribution < -0.4 is 5.73 Å². The molecule has 0 rings (SSSR count). The molecule has 0 aromatic heterocycles. The molecule has 0 amide bonds. The highest BCUT2D eigenvalue weighted by atomic mass is 16.6. The minimum atomic E-state index is -0.552. The Balaban J connectivity index is 3.58. The molecule has 258 valence electrons. The van der Waals surface area contributed by atoms with Crippen LogP contribution in [0.4, 0.5) is 0 Å². The molecule has 0 bridgehead atoms. The van der Waals surface area contributed by atoms with Crippen molar-refractivity contribution in [2.24, 2.45) is 5.73 Å². The van der Waals surface area contributed by atoms with Crippen LogP contribution in [0.5, 0.6) is 0 Å². The van der Waals surface area contributed by atoms with E-state index in [4.69, 9.17) is 15.2 Å². The maximum Gasteiger partial charge on any atom is 0.306 e. The molecule has 2 N–H and O–H groups in total. The van der Waals surface area contributed by atoms with Gasteiger partial charge in [0.25, 0.3) is 0 Å². The van der Waals surface area contributed by atoms with Gasteiger partial charge >= 0.3 is 11.9 Å². The standard InChI is InChI=1S/C39H73NO4/c1-3-5-7-9-11-13-15-17-19-21-23-25-27-29-31-33-38(41)43-36-37(35-40)44-39(42)34-32-30-28-26-24-22-20-18-16-14-12-10-8-6-4-2/h17-20,37H,3-16,21-36,40H2,1-2H3. The Bertz CT molecular complexity index is 675. The summed E-state index contributed by atoms with van der Waals surface area (Å²) in [7, 11) is 0. The number of hydrogen-bond acceptors (Lipinski definition) is 5. The van der Waals surface area contributed by atoms with Crippen LogP contribution >= 0.6 is 0 Å². The second-order valence-corrected chi connectivity index (χ2v) is 12.7. The summed E-state index contributed by atoms with van der Waals surface area (Å²) in [4.78, 5) is 24.3. The average molecular weight is 620 g/mol. The Morgan fingerprint density at radius 3 is 1.23 bits per heavy atom. The molecule has 0 aromatic rings. The zero-order valence-corrected chi connectivity index (χ0v) is 29.3. The monoisotopic (exact) mass is 620 g/mol. The lowest BCUT2D eigenvalue weighted by Gasteiger charge is -2.16. The molecule has 0 saturated heterocycles. The molecule has 5 nitrogen and oxygen atoms in total. The number of esters is 2. The molecule has 5 heteroatoms. The van der Waals surface area contributed by atoms with Crippen molar-refractivity contribution in [3.8, 4) is 0 Å². The fourth-order valence-corrected chi connectivity index (χ4v) is 5.33. The lowest BCUT2D eigenvalue weighted by atomic mass is 10.1. The van der Waals surface area contributed by atoms with Gasteiger partial charge in [-0.25, -0.2) is 0 Å². The van der Waals surface area contributed by atoms with Gasteiger partial charge < -0.3 is 15.2 Å². The van der Waals surface area contributed by atoms with Crippen molar-refractivity contribution in [3.63, 3.8) is 0 Å². The van der Waals surface area contributed by atoms with Gasteiger partial charge in [0.05, 0.1) is 0 Å². The van der Waals surface area contributed by atoms with Gasteiger partial charge in [0, 0.05) is 19.4 Å². The smallest absolute Gasteiger partial charge is 0.306 e. The maximum atomic E-state index is 12.2. The highest BCUT2D eigenvalue weighted by Gasteiger charge is 2.15. The Morgan fingerprint density at radius 1 is 0.500 bits per heavy atom. The van der Waals surface area contributed by atoms with Gasteiger partial charge in [-0.05, 0) is 64.2 Å². The van der Waals surface area contributed by atoms with E-state index in [1.807, 2.05) is 0 Å². The van der Waals surface area contributed by atoms with E-state index < -0.39 is 6.10 Å². The zero-order valence-electron chi connectivity index (χ0n) is 29.3. The Morgan fingerprint density at radius 2 is 0.841 bits per heavy atom. The molecule has 0 aromatic carbocycles. The molecule has 0 aliphatic carbocycles. The normalized spacial score (nSPS) is 12.3. The van der Waals surface area contributed by atoms with E-state index >= 15 is 0 Å². The number of ether oxygens (including phenoxy) is 2. The molecule has 1 unspecified atom stereocenters. The van der Waals surface area contributed by atoms with Crippen LogP contribution in [0.1, 0.15) is 194 Å². The Labute approximate surface area is 273 Å². The summed E-state index contributed by atoms with van der Waals surface area (Å²) in [6.45, 7) is 4.74. The van der Waals surface area contributed by atoms with Gasteiger partial charge in [-0.15, -0.1) is 0 Å². The summed E-state index contributed by atoms with van der Waals surface area (Å²) in [6.07, 6.45) is 41.6. The lowest BCUT2D eigenvalue weighted by Crippen LogP contribution is -2.32. The first-order valence-electron chi connectivity index (χ1n) is 19.0. The summed E-state index contributed by atoms with van der Waals surface area (Å²) in [5.74, 6) is -0.472. The molecule has 0 radical (unpaired) electrons. The van der Waals surface area contributed by atoms with E-state index in [1.54, 1.807) is 0 Å². The summed E-state index contributed by atoms with van der Waals surface area (Å²) in [5.41, 5.74) is 5.75. The molecule has 0 spiro atoms. The number of carbonyl (C=O) groups is 2. The SMILES string of the molecule is CCCCCCCCC=CCCCCCCCC(=O)OCC(CN)OC(=O)CCCCCCCC=CCCCCCCCC. The van der Waals surface area contributed by atoms with E-state index in [0.717, 1.165) is 51.4 Å². The van der Waals surface area contributed by atoms with Crippen LogP contribution in [0, 0.1) is 0 Å². The molecule has 0 fully saturated rings. The highest BCUT2D eigenvalue weighted by Crippen LogP contribution is 2.12. The third-order valence-electron chi connectivity index (χ3n) is 8.28. The zero-order chi connectivity index (χ0) is 32.2. The fraction of sp³-hybridized carbons (Fsp3) is 0.846. The molecule has 44 heavy (non-hydrogen) atoms. The predicted octanol–water partition coefficient (Wildman–Crippen LogP) is 11.5. The van der Waals surface area contributed by atoms with E-state index in [-0.39, 0.29) is 25.1 Å². The largest absolute Gasteiger partial charge is 0.462 e. The van der Waals surface area contributed by atoms with Crippen molar-refractivity contribution in [2.45, 2.75) is 200 Å². The van der Waals surface area contributed by atoms with Gasteiger partial charge in [-0.2, -0.15) is 0 Å². The summed E-state index contributed by atoms with van der Waals surface area (Å²) in [6, 6.07) is 0. The molecule has 0 aliphatic rings. The quantitative estimate of drug-likeness (QED) is 0.0440. The van der Waals surface area contributed by atoms with Crippen molar-refractivity contribution in [2.75, 3.05) is 13.2 Å². The first-order valence-corrected chi connectivity index (χ1v) is 19.0. The maximum absolute atomic E-state index is 12.2. The topological polar surface area (TPSA) is 78.6 Å². The predicted molar refractivity (Wildman–Crippen MR) is 189 cm³/mol. The van der Waals surface area contributed by atoms with Crippen LogP contribution in [0.2, 0.25) is 0 Å². The van der Waals surface area contributed by atoms with E-state index in [9.17, 15) is 9.59 Å². The van der Waals surface area contributed by atoms with E-state index in [0.29, 0.717) is 12.8 Å². The minimum Gasteiger partial charge on any atom is -0.462 e. The van der Waals surface area contributed by atoms with Crippen molar-refractivity contribution < 1.29 is 19.1 Å². The molecule has 1 atom stereocenters. The van der Waals surface area contributed by atoms with Gasteiger partial charge in [0.15, 0.2) is 0 Å². The minimum absolute atomic E-state index is 0.0541. The second kappa shape index (κ2) is 35.9. The molecule has 0 saturated carbocycles. The van der Waals surface area contributed by atoms with Crippen molar-refractivity contribution in [1.29, 1.82) is 0 Å². The first-order chi connectivity index (χ1) is 21.6. The molecular formula is C39H73NO4. The fourth-order valence-electron chi connectivity index (χ4n) is 5.33. The van der Waals surface area contributed by atoms with Gasteiger partial charge in [-0.1, -0.05) is 141 Å². The van der Waals surface area contributed by atoms with Crippen LogP contribution in [0.15, 0.2) is 24.3 Å². The van der Waals surface area contributed by atoms with Crippen molar-refractivity contribution in [1.82, 2.24) is 0 Å².